The predicted octanol–water partition coefficient (Wildman–Crippen LogP) is 3.22. The van der Waals surface area contributed by atoms with Gasteiger partial charge in [-0.2, -0.15) is 0 Å². The van der Waals surface area contributed by atoms with Crippen LogP contribution in [0.5, 0.6) is 0 Å². The van der Waals surface area contributed by atoms with E-state index in [4.69, 9.17) is 4.74 Å². The molecule has 190 valence electrons. The molecule has 1 heterocycles. The molecule has 1 spiro atoms. The van der Waals surface area contributed by atoms with Gasteiger partial charge in [-0.25, -0.2) is 0 Å². The molecule has 2 aliphatic carbocycles. The van der Waals surface area contributed by atoms with E-state index >= 15 is 0 Å². The maximum Gasteiger partial charge on any atom is 0.235 e. The Hall–Kier alpha value is -2.28. The van der Waals surface area contributed by atoms with E-state index in [-0.39, 0.29) is 41.9 Å². The van der Waals surface area contributed by atoms with Gasteiger partial charge in [-0.1, -0.05) is 62.9 Å². The van der Waals surface area contributed by atoms with Crippen LogP contribution in [0.25, 0.3) is 0 Å². The van der Waals surface area contributed by atoms with Gasteiger partial charge < -0.3 is 20.3 Å². The number of methoxy groups -OCH3 is 1. The second kappa shape index (κ2) is 9.64. The maximum absolute atomic E-state index is 14.3. The summed E-state index contributed by atoms with van der Waals surface area (Å²) >= 11 is 0. The standard InChI is InChI=1S/C29H39NO5/c1-17-10-9-13-21-26(32)19(3)18(2)25-22(14-20-11-7-6-8-12-20)30-27(33)29(21,25)23(31)15-24(35-5)28(4,34)16-17/h6-9,11-13,17-18,21-22,24-26,32,34H,3,10,14-16H2,1-2,4-5H3,(H,30,33)/b13-9+/t17-,18+,21-,22-,24+,25-,26?,28-,29-/m0/s1. The summed E-state index contributed by atoms with van der Waals surface area (Å²) in [6.07, 6.45) is 3.63. The van der Waals surface area contributed by atoms with Crippen molar-refractivity contribution in [1.82, 2.24) is 5.32 Å². The minimum absolute atomic E-state index is 0.103. The quantitative estimate of drug-likeness (QED) is 0.455. The summed E-state index contributed by atoms with van der Waals surface area (Å²) in [7, 11) is 1.49. The van der Waals surface area contributed by atoms with Gasteiger partial charge in [-0.3, -0.25) is 9.59 Å². The third-order valence-corrected chi connectivity index (χ3v) is 8.77. The number of carbonyl (C=O) groups excluding carboxylic acids is 2. The van der Waals surface area contributed by atoms with Crippen molar-refractivity contribution in [3.63, 3.8) is 0 Å². The third-order valence-electron chi connectivity index (χ3n) is 8.77. The van der Waals surface area contributed by atoms with Gasteiger partial charge in [0.15, 0.2) is 5.78 Å². The van der Waals surface area contributed by atoms with Gasteiger partial charge in [-0.15, -0.1) is 0 Å². The molecule has 4 rings (SSSR count). The van der Waals surface area contributed by atoms with Crippen LogP contribution in [-0.2, 0) is 20.7 Å². The van der Waals surface area contributed by atoms with Crippen LogP contribution in [0.4, 0.5) is 0 Å². The number of carbonyl (C=O) groups is 2. The van der Waals surface area contributed by atoms with Crippen LogP contribution in [0.1, 0.15) is 45.6 Å². The number of aliphatic hydroxyl groups is 2. The SMILES string of the molecule is C=C1C(O)[C@@H]2/C=C/C[C@H](C)C[C@](C)(O)[C@H](OC)CC(=O)[C@@]23C(=O)N[C@@H](Cc2ccccc2)[C@@H]3[C@@H]1C. The second-order valence-corrected chi connectivity index (χ2v) is 11.2. The fraction of sp³-hybridized carbons (Fsp3) is 0.586. The molecule has 0 aromatic heterocycles. The van der Waals surface area contributed by atoms with E-state index in [0.717, 1.165) is 5.56 Å². The van der Waals surface area contributed by atoms with Crippen LogP contribution in [0.2, 0.25) is 0 Å². The molecule has 6 heteroatoms. The first-order chi connectivity index (χ1) is 16.5. The molecule has 9 atom stereocenters. The highest BCUT2D eigenvalue weighted by atomic mass is 16.5. The summed E-state index contributed by atoms with van der Waals surface area (Å²) in [5, 5.41) is 25.8. The van der Waals surface area contributed by atoms with Gasteiger partial charge in [0.05, 0.1) is 17.8 Å². The Balaban J connectivity index is 1.85. The van der Waals surface area contributed by atoms with E-state index in [1.807, 2.05) is 56.3 Å². The molecular weight excluding hydrogens is 442 g/mol. The third kappa shape index (κ3) is 4.30. The molecule has 1 unspecified atom stereocenters. The molecule has 3 N–H and O–H groups in total. The Morgan fingerprint density at radius 3 is 2.54 bits per heavy atom. The number of ether oxygens (including phenoxy) is 1. The molecular formula is C29H39NO5. The van der Waals surface area contributed by atoms with Crippen LogP contribution in [-0.4, -0.2) is 52.9 Å². The van der Waals surface area contributed by atoms with Gasteiger partial charge in [0.2, 0.25) is 5.91 Å². The molecule has 0 radical (unpaired) electrons. The number of Topliss-reactive ketones (excluding diaryl/α,β-unsaturated/α-hetero) is 1. The van der Waals surface area contributed by atoms with Crippen molar-refractivity contribution in [2.75, 3.05) is 7.11 Å². The number of hydrogen-bond donors (Lipinski definition) is 3. The lowest BCUT2D eigenvalue weighted by Crippen LogP contribution is -2.59. The van der Waals surface area contributed by atoms with E-state index in [1.165, 1.54) is 7.11 Å². The van der Waals surface area contributed by atoms with E-state index in [0.29, 0.717) is 24.8 Å². The van der Waals surface area contributed by atoms with Gasteiger partial charge >= 0.3 is 0 Å². The van der Waals surface area contributed by atoms with Crippen LogP contribution in [0, 0.1) is 29.1 Å². The van der Waals surface area contributed by atoms with E-state index in [1.54, 1.807) is 6.92 Å². The summed E-state index contributed by atoms with van der Waals surface area (Å²) in [6.45, 7) is 9.90. The zero-order chi connectivity index (χ0) is 25.5. The minimum atomic E-state index is -1.46. The number of aliphatic hydroxyl groups excluding tert-OH is 1. The summed E-state index contributed by atoms with van der Waals surface area (Å²) in [5.41, 5.74) is -0.969. The minimum Gasteiger partial charge on any atom is -0.388 e. The highest BCUT2D eigenvalue weighted by Gasteiger charge is 2.68. The van der Waals surface area contributed by atoms with E-state index in [2.05, 4.69) is 11.9 Å². The second-order valence-electron chi connectivity index (χ2n) is 11.2. The normalized spacial score (nSPS) is 43.0. The van der Waals surface area contributed by atoms with Crippen molar-refractivity contribution in [1.29, 1.82) is 0 Å². The Labute approximate surface area is 208 Å². The summed E-state index contributed by atoms with van der Waals surface area (Å²) < 4.78 is 5.65. The first-order valence-corrected chi connectivity index (χ1v) is 12.7. The van der Waals surface area contributed by atoms with Crippen molar-refractivity contribution in [3.8, 4) is 0 Å². The molecule has 6 nitrogen and oxygen atoms in total. The number of benzene rings is 1. The van der Waals surface area contributed by atoms with Gasteiger partial charge in [0.25, 0.3) is 0 Å². The highest BCUT2D eigenvalue weighted by molar-refractivity contribution is 6.09. The van der Waals surface area contributed by atoms with Gasteiger partial charge in [0.1, 0.15) is 5.41 Å². The van der Waals surface area contributed by atoms with Crippen LogP contribution >= 0.6 is 0 Å². The predicted molar refractivity (Wildman–Crippen MR) is 134 cm³/mol. The average Bonchev–Trinajstić information content (AvgIpc) is 3.09. The fourth-order valence-corrected chi connectivity index (χ4v) is 7.02. The van der Waals surface area contributed by atoms with Crippen LogP contribution in [0.3, 0.4) is 0 Å². The first-order valence-electron chi connectivity index (χ1n) is 12.7. The molecule has 1 aliphatic heterocycles. The number of rotatable bonds is 3. The van der Waals surface area contributed by atoms with E-state index < -0.39 is 29.1 Å². The Kier molecular flexibility index (Phi) is 7.11. The zero-order valence-corrected chi connectivity index (χ0v) is 21.2. The van der Waals surface area contributed by atoms with Gasteiger partial charge in [-0.05, 0) is 49.2 Å². The summed E-state index contributed by atoms with van der Waals surface area (Å²) in [4.78, 5) is 28.2. The van der Waals surface area contributed by atoms with Crippen molar-refractivity contribution >= 4 is 11.7 Å². The molecule has 1 amide bonds. The molecule has 1 saturated carbocycles. The Morgan fingerprint density at radius 2 is 1.89 bits per heavy atom. The van der Waals surface area contributed by atoms with Crippen LogP contribution in [0.15, 0.2) is 54.6 Å². The lowest BCUT2D eigenvalue weighted by Gasteiger charge is -2.49. The molecule has 1 aromatic carbocycles. The first kappa shape index (κ1) is 25.8. The monoisotopic (exact) mass is 481 g/mol. The molecule has 1 aromatic rings. The van der Waals surface area contributed by atoms with Crippen molar-refractivity contribution in [2.24, 2.45) is 29.1 Å². The smallest absolute Gasteiger partial charge is 0.235 e. The fourth-order valence-electron chi connectivity index (χ4n) is 7.02. The lowest BCUT2D eigenvalue weighted by atomic mass is 9.51. The number of allylic oxidation sites excluding steroid dienone is 1. The van der Waals surface area contributed by atoms with E-state index in [9.17, 15) is 19.8 Å². The average molecular weight is 482 g/mol. The summed E-state index contributed by atoms with van der Waals surface area (Å²) in [5.74, 6) is -1.86. The summed E-state index contributed by atoms with van der Waals surface area (Å²) in [6, 6.07) is 9.63. The van der Waals surface area contributed by atoms with Crippen molar-refractivity contribution in [3.05, 3.63) is 60.2 Å². The Morgan fingerprint density at radius 1 is 1.20 bits per heavy atom. The largest absolute Gasteiger partial charge is 0.388 e. The molecule has 0 bridgehead atoms. The topological polar surface area (TPSA) is 95.9 Å². The van der Waals surface area contributed by atoms with Crippen molar-refractivity contribution in [2.45, 2.75) is 70.3 Å². The molecule has 1 saturated heterocycles. The van der Waals surface area contributed by atoms with Gasteiger partial charge in [0, 0.05) is 31.4 Å². The maximum atomic E-state index is 14.3. The zero-order valence-electron chi connectivity index (χ0n) is 21.2. The number of ketones is 1. The highest BCUT2D eigenvalue weighted by Crippen LogP contribution is 2.57. The number of nitrogens with one attached hydrogen (secondary N) is 1. The molecule has 35 heavy (non-hydrogen) atoms. The molecule has 3 aliphatic rings. The Bertz CT molecular complexity index is 1000. The number of hydrogen-bond acceptors (Lipinski definition) is 5. The number of amides is 1. The van der Waals surface area contributed by atoms with Crippen molar-refractivity contribution < 1.29 is 24.5 Å². The molecule has 2 fully saturated rings. The van der Waals surface area contributed by atoms with Crippen LogP contribution < -0.4 is 5.32 Å². The lowest BCUT2D eigenvalue weighted by molar-refractivity contribution is -0.157.